The monoisotopic (exact) mass is 504 g/mol. The summed E-state index contributed by atoms with van der Waals surface area (Å²) in [4.78, 5) is 14.3. The van der Waals surface area contributed by atoms with Crippen molar-refractivity contribution < 1.29 is 27.1 Å². The van der Waals surface area contributed by atoms with Crippen molar-refractivity contribution in [2.45, 2.75) is 24.7 Å². The number of hydrogen-bond acceptors (Lipinski definition) is 6. The molecule has 1 aliphatic heterocycles. The number of nitrogens with zero attached hydrogens (tertiary/aromatic N) is 2. The van der Waals surface area contributed by atoms with Gasteiger partial charge in [-0.2, -0.15) is 8.42 Å². The Morgan fingerprint density at radius 2 is 1.91 bits per heavy atom. The van der Waals surface area contributed by atoms with Crippen LogP contribution in [0.15, 0.2) is 69.3 Å². The van der Waals surface area contributed by atoms with Gasteiger partial charge in [-0.25, -0.2) is 4.39 Å². The number of sulfonamides is 1. The highest BCUT2D eigenvalue weighted by Gasteiger charge is 2.34. The number of hydrogen-bond donors (Lipinski definition) is 0. The first-order valence-electron chi connectivity index (χ1n) is 10.5. The van der Waals surface area contributed by atoms with Crippen molar-refractivity contribution in [3.63, 3.8) is 0 Å². The fraction of sp³-hybridized carbons (Fsp3) is 0.250. The van der Waals surface area contributed by atoms with Crippen LogP contribution in [0, 0.1) is 5.82 Å². The van der Waals surface area contributed by atoms with E-state index in [0.29, 0.717) is 23.7 Å². The average Bonchev–Trinajstić information content (AvgIpc) is 3.08. The van der Waals surface area contributed by atoms with E-state index in [9.17, 15) is 17.6 Å². The van der Waals surface area contributed by atoms with Gasteiger partial charge in [-0.05, 0) is 66.2 Å². The van der Waals surface area contributed by atoms with Crippen LogP contribution in [0.1, 0.15) is 25.3 Å². The van der Waals surface area contributed by atoms with Crippen LogP contribution in [0.4, 0.5) is 4.39 Å². The SMILES string of the molecule is C=CCN1C(=O)/C(=C/c2ccc(OCCCC)c(OC)c2)SC1=NS(=O)(=O)c1ccc(F)cc1. The summed E-state index contributed by atoms with van der Waals surface area (Å²) in [6.45, 7) is 6.35. The minimum Gasteiger partial charge on any atom is -0.493 e. The Balaban J connectivity index is 1.92. The molecule has 0 spiro atoms. The van der Waals surface area contributed by atoms with E-state index >= 15 is 0 Å². The Morgan fingerprint density at radius 3 is 2.56 bits per heavy atom. The number of benzene rings is 2. The maximum absolute atomic E-state index is 13.2. The van der Waals surface area contributed by atoms with E-state index in [1.807, 2.05) is 0 Å². The number of ether oxygens (including phenoxy) is 2. The zero-order valence-corrected chi connectivity index (χ0v) is 20.5. The van der Waals surface area contributed by atoms with Crippen LogP contribution in [-0.4, -0.2) is 44.7 Å². The second-order valence-electron chi connectivity index (χ2n) is 7.23. The summed E-state index contributed by atoms with van der Waals surface area (Å²) in [5, 5.41) is -0.00745. The van der Waals surface area contributed by atoms with E-state index in [4.69, 9.17) is 9.47 Å². The highest BCUT2D eigenvalue weighted by molar-refractivity contribution is 8.19. The summed E-state index contributed by atoms with van der Waals surface area (Å²) in [6, 6.07) is 9.62. The van der Waals surface area contributed by atoms with Crippen molar-refractivity contribution in [1.29, 1.82) is 0 Å². The number of thioether (sulfide) groups is 1. The number of carbonyl (C=O) groups is 1. The van der Waals surface area contributed by atoms with Gasteiger partial charge in [0, 0.05) is 6.54 Å². The molecule has 1 saturated heterocycles. The molecule has 0 aliphatic carbocycles. The molecule has 180 valence electrons. The highest BCUT2D eigenvalue weighted by atomic mass is 32.2. The maximum atomic E-state index is 13.2. The first-order chi connectivity index (χ1) is 16.3. The summed E-state index contributed by atoms with van der Waals surface area (Å²) in [5.74, 6) is 0.161. The molecular weight excluding hydrogens is 479 g/mol. The number of amidine groups is 1. The van der Waals surface area contributed by atoms with Gasteiger partial charge < -0.3 is 9.47 Å². The minimum absolute atomic E-state index is 0.00745. The Kier molecular flexibility index (Phi) is 8.51. The molecule has 2 aromatic carbocycles. The number of methoxy groups -OCH3 is 1. The van der Waals surface area contributed by atoms with Gasteiger partial charge in [-0.1, -0.05) is 25.5 Å². The molecule has 1 amide bonds. The van der Waals surface area contributed by atoms with Crippen molar-refractivity contribution in [2.24, 2.45) is 4.40 Å². The Morgan fingerprint density at radius 1 is 1.18 bits per heavy atom. The van der Waals surface area contributed by atoms with Gasteiger partial charge in [0.15, 0.2) is 16.7 Å². The quantitative estimate of drug-likeness (QED) is 0.261. The Bertz CT molecular complexity index is 1220. The third-order valence-electron chi connectivity index (χ3n) is 4.75. The minimum atomic E-state index is -4.15. The second kappa shape index (κ2) is 11.3. The molecule has 1 aliphatic rings. The predicted octanol–water partition coefficient (Wildman–Crippen LogP) is 4.86. The van der Waals surface area contributed by atoms with Gasteiger partial charge in [0.25, 0.3) is 15.9 Å². The lowest BCUT2D eigenvalue weighted by Gasteiger charge is -2.12. The Labute approximate surface area is 203 Å². The highest BCUT2D eigenvalue weighted by Crippen LogP contribution is 2.35. The van der Waals surface area contributed by atoms with E-state index in [0.717, 1.165) is 48.9 Å². The topological polar surface area (TPSA) is 85.3 Å². The van der Waals surface area contributed by atoms with Gasteiger partial charge in [0.05, 0.1) is 23.5 Å². The van der Waals surface area contributed by atoms with Crippen molar-refractivity contribution >= 4 is 38.9 Å². The summed E-state index contributed by atoms with van der Waals surface area (Å²) in [6.07, 6.45) is 5.04. The number of amides is 1. The van der Waals surface area contributed by atoms with Crippen LogP contribution in [0.5, 0.6) is 11.5 Å². The van der Waals surface area contributed by atoms with Crippen LogP contribution < -0.4 is 9.47 Å². The number of halogens is 1. The van der Waals surface area contributed by atoms with Crippen molar-refractivity contribution in [3.05, 3.63) is 71.4 Å². The van der Waals surface area contributed by atoms with Crippen molar-refractivity contribution in [3.8, 4) is 11.5 Å². The average molecular weight is 505 g/mol. The maximum Gasteiger partial charge on any atom is 0.284 e. The lowest BCUT2D eigenvalue weighted by molar-refractivity contribution is -0.121. The first-order valence-corrected chi connectivity index (χ1v) is 12.8. The van der Waals surface area contributed by atoms with Gasteiger partial charge in [0.2, 0.25) is 0 Å². The van der Waals surface area contributed by atoms with Crippen LogP contribution in [0.3, 0.4) is 0 Å². The van der Waals surface area contributed by atoms with E-state index in [-0.39, 0.29) is 21.5 Å². The molecular formula is C24H25FN2O5S2. The zero-order chi connectivity index (χ0) is 24.7. The van der Waals surface area contributed by atoms with Crippen LogP contribution in [0.2, 0.25) is 0 Å². The lowest BCUT2D eigenvalue weighted by atomic mass is 10.2. The molecule has 0 atom stereocenters. The third kappa shape index (κ3) is 6.06. The largest absolute Gasteiger partial charge is 0.493 e. The molecule has 0 N–H and O–H groups in total. The van der Waals surface area contributed by atoms with Gasteiger partial charge in [0.1, 0.15) is 5.82 Å². The molecule has 0 bridgehead atoms. The molecule has 1 heterocycles. The van der Waals surface area contributed by atoms with Crippen LogP contribution in [-0.2, 0) is 14.8 Å². The van der Waals surface area contributed by atoms with Gasteiger partial charge in [-0.3, -0.25) is 9.69 Å². The smallest absolute Gasteiger partial charge is 0.284 e. The van der Waals surface area contributed by atoms with E-state index in [1.165, 1.54) is 18.1 Å². The molecule has 34 heavy (non-hydrogen) atoms. The van der Waals surface area contributed by atoms with Gasteiger partial charge >= 0.3 is 0 Å². The third-order valence-corrected chi connectivity index (χ3v) is 7.15. The molecule has 0 unspecified atom stereocenters. The molecule has 1 fully saturated rings. The summed E-state index contributed by atoms with van der Waals surface area (Å²) in [7, 11) is -2.62. The number of unbranched alkanes of at least 4 members (excludes halogenated alkanes) is 1. The molecule has 2 aromatic rings. The van der Waals surface area contributed by atoms with E-state index in [1.54, 1.807) is 24.3 Å². The summed E-state index contributed by atoms with van der Waals surface area (Å²) < 4.78 is 53.6. The standard InChI is InChI=1S/C24H25FN2O5S2/c1-4-6-14-32-20-12-7-17(15-21(20)31-3)16-22-23(28)27(13-5-2)24(33-22)26-34(29,30)19-10-8-18(25)9-11-19/h5,7-12,15-16H,2,4,6,13-14H2,1,3H3/b22-16-,26-24?. The normalized spacial score (nSPS) is 16.3. The fourth-order valence-electron chi connectivity index (χ4n) is 3.00. The Hall–Kier alpha value is -3.11. The first kappa shape index (κ1) is 25.5. The van der Waals surface area contributed by atoms with Crippen LogP contribution >= 0.6 is 11.8 Å². The summed E-state index contributed by atoms with van der Waals surface area (Å²) in [5.41, 5.74) is 0.678. The van der Waals surface area contributed by atoms with E-state index < -0.39 is 21.7 Å². The molecule has 3 rings (SSSR count). The number of rotatable bonds is 10. The molecule has 0 aromatic heterocycles. The van der Waals surface area contributed by atoms with Crippen molar-refractivity contribution in [2.75, 3.05) is 20.3 Å². The number of carbonyl (C=O) groups excluding carboxylic acids is 1. The van der Waals surface area contributed by atoms with Crippen LogP contribution in [0.25, 0.3) is 6.08 Å². The predicted molar refractivity (Wildman–Crippen MR) is 132 cm³/mol. The van der Waals surface area contributed by atoms with Gasteiger partial charge in [-0.15, -0.1) is 11.0 Å². The second-order valence-corrected chi connectivity index (χ2v) is 9.84. The molecule has 0 saturated carbocycles. The molecule has 7 nitrogen and oxygen atoms in total. The molecule has 0 radical (unpaired) electrons. The lowest BCUT2D eigenvalue weighted by Crippen LogP contribution is -2.29. The van der Waals surface area contributed by atoms with E-state index in [2.05, 4.69) is 17.9 Å². The summed E-state index contributed by atoms with van der Waals surface area (Å²) >= 11 is 0.935. The zero-order valence-electron chi connectivity index (χ0n) is 18.9. The fourth-order valence-corrected chi connectivity index (χ4v) is 5.19. The molecule has 10 heteroatoms. The van der Waals surface area contributed by atoms with Crippen molar-refractivity contribution in [1.82, 2.24) is 4.90 Å².